The van der Waals surface area contributed by atoms with Crippen LogP contribution in [0.1, 0.15) is 26.4 Å². The van der Waals surface area contributed by atoms with E-state index in [-0.39, 0.29) is 5.91 Å². The van der Waals surface area contributed by atoms with Crippen LogP contribution in [-0.4, -0.2) is 35.8 Å². The topological polar surface area (TPSA) is 64.4 Å². The summed E-state index contributed by atoms with van der Waals surface area (Å²) in [4.78, 5) is 25.8. The monoisotopic (exact) mass is 287 g/mol. The van der Waals surface area contributed by atoms with E-state index >= 15 is 0 Å². The van der Waals surface area contributed by atoms with Gasteiger partial charge in [-0.15, -0.1) is 0 Å². The standard InChI is InChI=1S/C15H17N3O3/c1-10-12(9-16-18(10)3)14(19)17(2)13-8-6-5-7-11(13)15(20)21-4/h5-9H,1-4H3. The molecule has 0 aliphatic rings. The molecule has 110 valence electrons. The summed E-state index contributed by atoms with van der Waals surface area (Å²) in [7, 11) is 4.71. The second-order valence-corrected chi connectivity index (χ2v) is 4.64. The van der Waals surface area contributed by atoms with E-state index in [0.29, 0.717) is 16.8 Å². The third-order valence-corrected chi connectivity index (χ3v) is 3.44. The largest absolute Gasteiger partial charge is 0.465 e. The van der Waals surface area contributed by atoms with Crippen LogP contribution in [0.2, 0.25) is 0 Å². The van der Waals surface area contributed by atoms with Crippen molar-refractivity contribution in [1.82, 2.24) is 9.78 Å². The number of aromatic nitrogens is 2. The zero-order valence-electron chi connectivity index (χ0n) is 12.5. The Morgan fingerprint density at radius 1 is 1.24 bits per heavy atom. The number of anilines is 1. The molecule has 0 aliphatic carbocycles. The Kier molecular flexibility index (Phi) is 4.07. The van der Waals surface area contributed by atoms with Crippen LogP contribution >= 0.6 is 0 Å². The van der Waals surface area contributed by atoms with E-state index in [1.54, 1.807) is 43.0 Å². The minimum Gasteiger partial charge on any atom is -0.465 e. The van der Waals surface area contributed by atoms with Crippen LogP contribution < -0.4 is 4.90 Å². The first-order valence-electron chi connectivity index (χ1n) is 6.41. The Bertz CT molecular complexity index is 691. The van der Waals surface area contributed by atoms with Gasteiger partial charge in [-0.05, 0) is 19.1 Å². The van der Waals surface area contributed by atoms with Gasteiger partial charge in [-0.25, -0.2) is 4.79 Å². The molecule has 1 amide bonds. The summed E-state index contributed by atoms with van der Waals surface area (Å²) in [6.45, 7) is 1.82. The Labute approximate surface area is 122 Å². The van der Waals surface area contributed by atoms with Crippen molar-refractivity contribution < 1.29 is 14.3 Å². The molecule has 0 bridgehead atoms. The smallest absolute Gasteiger partial charge is 0.339 e. The van der Waals surface area contributed by atoms with Crippen molar-refractivity contribution in [2.75, 3.05) is 19.1 Å². The molecule has 0 aliphatic heterocycles. The fourth-order valence-electron chi connectivity index (χ4n) is 2.05. The average Bonchev–Trinajstić information content (AvgIpc) is 2.84. The molecule has 6 heteroatoms. The molecule has 6 nitrogen and oxygen atoms in total. The molecule has 1 aromatic carbocycles. The minimum absolute atomic E-state index is 0.225. The first-order chi connectivity index (χ1) is 9.97. The Morgan fingerprint density at radius 3 is 2.48 bits per heavy atom. The van der Waals surface area contributed by atoms with Crippen molar-refractivity contribution >= 4 is 17.6 Å². The molecule has 0 N–H and O–H groups in total. The van der Waals surface area contributed by atoms with E-state index < -0.39 is 5.97 Å². The number of ether oxygens (including phenoxy) is 1. The number of esters is 1. The lowest BCUT2D eigenvalue weighted by Crippen LogP contribution is -2.28. The zero-order chi connectivity index (χ0) is 15.6. The van der Waals surface area contributed by atoms with Gasteiger partial charge in [-0.3, -0.25) is 9.48 Å². The first-order valence-corrected chi connectivity index (χ1v) is 6.41. The summed E-state index contributed by atoms with van der Waals surface area (Å²) in [5.41, 5.74) is 2.11. The van der Waals surface area contributed by atoms with Gasteiger partial charge >= 0.3 is 5.97 Å². The van der Waals surface area contributed by atoms with Gasteiger partial charge in [0.1, 0.15) is 0 Å². The molecule has 1 aromatic heterocycles. The minimum atomic E-state index is -0.479. The summed E-state index contributed by atoms with van der Waals surface area (Å²) in [6.07, 6.45) is 1.52. The van der Waals surface area contributed by atoms with Gasteiger partial charge in [-0.1, -0.05) is 12.1 Å². The Balaban J connectivity index is 2.41. The number of para-hydroxylation sites is 1. The maximum absolute atomic E-state index is 12.6. The van der Waals surface area contributed by atoms with Crippen molar-refractivity contribution in [3.63, 3.8) is 0 Å². The van der Waals surface area contributed by atoms with Gasteiger partial charge in [0.15, 0.2) is 0 Å². The van der Waals surface area contributed by atoms with Gasteiger partial charge in [0, 0.05) is 19.8 Å². The van der Waals surface area contributed by atoms with E-state index in [0.717, 1.165) is 5.69 Å². The number of rotatable bonds is 3. The van der Waals surface area contributed by atoms with E-state index in [2.05, 4.69) is 5.10 Å². The highest BCUT2D eigenvalue weighted by Gasteiger charge is 2.22. The Hall–Kier alpha value is -2.63. The van der Waals surface area contributed by atoms with Gasteiger partial charge in [0.2, 0.25) is 0 Å². The van der Waals surface area contributed by atoms with E-state index in [1.165, 1.54) is 18.2 Å². The molecule has 0 spiro atoms. The fraction of sp³-hybridized carbons (Fsp3) is 0.267. The number of hydrogen-bond donors (Lipinski definition) is 0. The van der Waals surface area contributed by atoms with Gasteiger partial charge in [-0.2, -0.15) is 5.10 Å². The normalized spacial score (nSPS) is 10.3. The fourth-order valence-corrected chi connectivity index (χ4v) is 2.05. The number of hydrogen-bond acceptors (Lipinski definition) is 4. The number of benzene rings is 1. The van der Waals surface area contributed by atoms with E-state index in [4.69, 9.17) is 4.74 Å². The van der Waals surface area contributed by atoms with Gasteiger partial charge in [0.05, 0.1) is 30.1 Å². The molecule has 1 heterocycles. The van der Waals surface area contributed by atoms with Crippen LogP contribution in [0, 0.1) is 6.92 Å². The van der Waals surface area contributed by atoms with Gasteiger partial charge in [0.25, 0.3) is 5.91 Å². The second kappa shape index (κ2) is 5.78. The summed E-state index contributed by atoms with van der Waals surface area (Å²) < 4.78 is 6.38. The van der Waals surface area contributed by atoms with Crippen LogP contribution in [0.25, 0.3) is 0 Å². The number of carbonyl (C=O) groups excluding carboxylic acids is 2. The third-order valence-electron chi connectivity index (χ3n) is 3.44. The SMILES string of the molecule is COC(=O)c1ccccc1N(C)C(=O)c1cnn(C)c1C. The summed E-state index contributed by atoms with van der Waals surface area (Å²) in [5, 5.41) is 4.06. The molecule has 2 aromatic rings. The first kappa shape index (κ1) is 14.8. The highest BCUT2D eigenvalue weighted by atomic mass is 16.5. The van der Waals surface area contributed by atoms with Crippen LogP contribution in [-0.2, 0) is 11.8 Å². The number of carbonyl (C=O) groups is 2. The summed E-state index contributed by atoms with van der Waals surface area (Å²) >= 11 is 0. The van der Waals surface area contributed by atoms with E-state index in [1.807, 2.05) is 6.92 Å². The van der Waals surface area contributed by atoms with Crippen LogP contribution in [0.3, 0.4) is 0 Å². The third kappa shape index (κ3) is 2.65. The van der Waals surface area contributed by atoms with E-state index in [9.17, 15) is 9.59 Å². The predicted molar refractivity (Wildman–Crippen MR) is 78.5 cm³/mol. The molecule has 0 fully saturated rings. The molecule has 0 radical (unpaired) electrons. The number of aryl methyl sites for hydroxylation is 1. The maximum atomic E-state index is 12.6. The van der Waals surface area contributed by atoms with Gasteiger partial charge < -0.3 is 9.64 Å². The van der Waals surface area contributed by atoms with Crippen molar-refractivity contribution in [3.05, 3.63) is 47.3 Å². The molecule has 2 rings (SSSR count). The molecule has 0 saturated carbocycles. The molecular formula is C15H17N3O3. The quantitative estimate of drug-likeness (QED) is 0.807. The number of methoxy groups -OCH3 is 1. The molecule has 0 saturated heterocycles. The van der Waals surface area contributed by atoms with Crippen LogP contribution in [0.5, 0.6) is 0 Å². The van der Waals surface area contributed by atoms with Crippen molar-refractivity contribution in [3.8, 4) is 0 Å². The highest BCUT2D eigenvalue weighted by Crippen LogP contribution is 2.22. The highest BCUT2D eigenvalue weighted by molar-refractivity contribution is 6.09. The maximum Gasteiger partial charge on any atom is 0.339 e. The van der Waals surface area contributed by atoms with Crippen molar-refractivity contribution in [2.45, 2.75) is 6.92 Å². The molecule has 21 heavy (non-hydrogen) atoms. The van der Waals surface area contributed by atoms with Crippen molar-refractivity contribution in [2.24, 2.45) is 7.05 Å². The van der Waals surface area contributed by atoms with Crippen molar-refractivity contribution in [1.29, 1.82) is 0 Å². The average molecular weight is 287 g/mol. The Morgan fingerprint density at radius 2 is 1.90 bits per heavy atom. The summed E-state index contributed by atoms with van der Waals surface area (Å²) in [5.74, 6) is -0.704. The predicted octanol–water partition coefficient (Wildman–Crippen LogP) is 1.79. The molecule has 0 unspecified atom stereocenters. The lowest BCUT2D eigenvalue weighted by molar-refractivity contribution is 0.0601. The van der Waals surface area contributed by atoms with Crippen LogP contribution in [0.15, 0.2) is 30.5 Å². The number of amides is 1. The van der Waals surface area contributed by atoms with Crippen LogP contribution in [0.4, 0.5) is 5.69 Å². The second-order valence-electron chi connectivity index (χ2n) is 4.64. The lowest BCUT2D eigenvalue weighted by atomic mass is 10.1. The molecular weight excluding hydrogens is 270 g/mol. The summed E-state index contributed by atoms with van der Waals surface area (Å²) in [6, 6.07) is 6.82. The number of nitrogens with zero attached hydrogens (tertiary/aromatic N) is 3. The molecule has 0 atom stereocenters. The zero-order valence-corrected chi connectivity index (χ0v) is 12.5. The lowest BCUT2D eigenvalue weighted by Gasteiger charge is -2.19.